The van der Waals surface area contributed by atoms with Crippen LogP contribution >= 0.6 is 0 Å². The molecule has 0 N–H and O–H groups in total. The molecule has 0 saturated carbocycles. The Morgan fingerprint density at radius 3 is 2.17 bits per heavy atom. The van der Waals surface area contributed by atoms with Crippen LogP contribution in [0.15, 0.2) is 66.7 Å². The van der Waals surface area contributed by atoms with Crippen molar-refractivity contribution in [1.29, 1.82) is 0 Å². The van der Waals surface area contributed by atoms with E-state index in [1.807, 2.05) is 29.2 Å². The fraction of sp³-hybridized carbons (Fsp3) is 0.406. The highest BCUT2D eigenvalue weighted by atomic mass is 19.4. The van der Waals surface area contributed by atoms with Crippen LogP contribution in [0.4, 0.5) is 28.9 Å². The van der Waals surface area contributed by atoms with E-state index in [1.165, 1.54) is 18.2 Å². The molecule has 0 atom stereocenters. The molecule has 0 bridgehead atoms. The van der Waals surface area contributed by atoms with Gasteiger partial charge in [-0.1, -0.05) is 24.3 Å². The van der Waals surface area contributed by atoms with Crippen molar-refractivity contribution in [1.82, 2.24) is 4.90 Å². The standard InChI is InChI=1S/C32H35F4N3O3/c1-41-28-9-4-24(5-10-28)22-39(27-8-11-30(29(33)20-27)38-16-18-42-19-17-38)31(40)25-12-14-37(15-13-25)21-23-2-6-26(7-3-23)32(34,35)36/h2-11,20,25H,12-19,21-22H2,1H3. The van der Waals surface area contributed by atoms with E-state index in [1.54, 1.807) is 24.1 Å². The predicted molar refractivity (Wildman–Crippen MR) is 153 cm³/mol. The Morgan fingerprint density at radius 1 is 0.929 bits per heavy atom. The van der Waals surface area contributed by atoms with Crippen LogP contribution in [0.5, 0.6) is 5.75 Å². The Hall–Kier alpha value is -3.63. The van der Waals surface area contributed by atoms with Crippen molar-refractivity contribution < 1.29 is 31.8 Å². The lowest BCUT2D eigenvalue weighted by Gasteiger charge is -2.35. The number of carbonyl (C=O) groups is 1. The number of likely N-dealkylation sites (tertiary alicyclic amines) is 1. The lowest BCUT2D eigenvalue weighted by Crippen LogP contribution is -2.42. The summed E-state index contributed by atoms with van der Waals surface area (Å²) in [4.78, 5) is 19.7. The largest absolute Gasteiger partial charge is 0.497 e. The molecule has 2 aliphatic rings. The Balaban J connectivity index is 1.29. The van der Waals surface area contributed by atoms with Gasteiger partial charge >= 0.3 is 6.18 Å². The first kappa shape index (κ1) is 29.8. The number of rotatable bonds is 8. The number of halogens is 4. The van der Waals surface area contributed by atoms with E-state index < -0.39 is 11.7 Å². The average Bonchev–Trinajstić information content (AvgIpc) is 3.00. The molecule has 0 aliphatic carbocycles. The molecule has 3 aromatic rings. The van der Waals surface area contributed by atoms with E-state index in [0.717, 1.165) is 23.3 Å². The van der Waals surface area contributed by atoms with Gasteiger partial charge in [-0.3, -0.25) is 9.69 Å². The zero-order valence-electron chi connectivity index (χ0n) is 23.6. The van der Waals surface area contributed by atoms with Crippen molar-refractivity contribution in [3.8, 4) is 5.75 Å². The first-order valence-electron chi connectivity index (χ1n) is 14.2. The molecular weight excluding hydrogens is 550 g/mol. The highest BCUT2D eigenvalue weighted by Crippen LogP contribution is 2.32. The van der Waals surface area contributed by atoms with E-state index in [4.69, 9.17) is 9.47 Å². The second-order valence-electron chi connectivity index (χ2n) is 10.8. The normalized spacial score (nSPS) is 16.8. The Labute approximate surface area is 243 Å². The number of benzene rings is 3. The van der Waals surface area contributed by atoms with Crippen LogP contribution in [0.1, 0.15) is 29.5 Å². The number of methoxy groups -OCH3 is 1. The number of alkyl halides is 3. The van der Waals surface area contributed by atoms with Gasteiger partial charge < -0.3 is 19.3 Å². The molecule has 42 heavy (non-hydrogen) atoms. The quantitative estimate of drug-likeness (QED) is 0.298. The number of nitrogens with zero attached hydrogens (tertiary/aromatic N) is 3. The summed E-state index contributed by atoms with van der Waals surface area (Å²) in [6, 6.07) is 17.6. The molecule has 5 rings (SSSR count). The summed E-state index contributed by atoms with van der Waals surface area (Å²) >= 11 is 0. The number of amides is 1. The third kappa shape index (κ3) is 7.22. The van der Waals surface area contributed by atoms with Crippen molar-refractivity contribution in [2.45, 2.75) is 32.1 Å². The minimum atomic E-state index is -4.36. The molecule has 2 saturated heterocycles. The molecule has 0 aromatic heterocycles. The zero-order chi connectivity index (χ0) is 29.7. The van der Waals surface area contributed by atoms with E-state index in [-0.39, 0.29) is 24.2 Å². The Bertz CT molecular complexity index is 1330. The zero-order valence-corrected chi connectivity index (χ0v) is 23.6. The van der Waals surface area contributed by atoms with Crippen LogP contribution in [0.3, 0.4) is 0 Å². The van der Waals surface area contributed by atoms with Crippen molar-refractivity contribution in [3.05, 3.63) is 89.2 Å². The van der Waals surface area contributed by atoms with Crippen LogP contribution in [0, 0.1) is 11.7 Å². The van der Waals surface area contributed by atoms with Gasteiger partial charge in [0, 0.05) is 31.2 Å². The molecule has 0 unspecified atom stereocenters. The second kappa shape index (κ2) is 13.1. The number of piperidine rings is 1. The summed E-state index contributed by atoms with van der Waals surface area (Å²) in [6.45, 7) is 4.37. The molecular formula is C32H35F4N3O3. The van der Waals surface area contributed by atoms with Gasteiger partial charge in [0.2, 0.25) is 5.91 Å². The number of ether oxygens (including phenoxy) is 2. The topological polar surface area (TPSA) is 45.2 Å². The van der Waals surface area contributed by atoms with Gasteiger partial charge in [0.1, 0.15) is 11.6 Å². The molecule has 6 nitrogen and oxygen atoms in total. The second-order valence-corrected chi connectivity index (χ2v) is 10.8. The lowest BCUT2D eigenvalue weighted by molar-refractivity contribution is -0.137. The maximum Gasteiger partial charge on any atom is 0.416 e. The van der Waals surface area contributed by atoms with Gasteiger partial charge in [0.15, 0.2) is 0 Å². The Morgan fingerprint density at radius 2 is 1.57 bits per heavy atom. The first-order chi connectivity index (χ1) is 20.2. The maximum absolute atomic E-state index is 15.4. The SMILES string of the molecule is COc1ccc(CN(C(=O)C2CCN(Cc3ccc(C(F)(F)F)cc3)CC2)c2ccc(N3CCOCC3)c(F)c2)cc1. The minimum Gasteiger partial charge on any atom is -0.497 e. The maximum atomic E-state index is 15.4. The molecule has 0 radical (unpaired) electrons. The van der Waals surface area contributed by atoms with Gasteiger partial charge in [0.05, 0.1) is 38.1 Å². The van der Waals surface area contributed by atoms with Gasteiger partial charge in [-0.05, 0) is 79.5 Å². The monoisotopic (exact) mass is 585 g/mol. The third-order valence-electron chi connectivity index (χ3n) is 7.98. The summed E-state index contributed by atoms with van der Waals surface area (Å²) in [5, 5.41) is 0. The van der Waals surface area contributed by atoms with Crippen LogP contribution in [-0.2, 0) is 28.8 Å². The van der Waals surface area contributed by atoms with Crippen molar-refractivity contribution in [2.24, 2.45) is 5.92 Å². The van der Waals surface area contributed by atoms with Crippen LogP contribution in [0.25, 0.3) is 0 Å². The highest BCUT2D eigenvalue weighted by Gasteiger charge is 2.32. The third-order valence-corrected chi connectivity index (χ3v) is 7.98. The van der Waals surface area contributed by atoms with Crippen molar-refractivity contribution in [2.75, 3.05) is 56.3 Å². The van der Waals surface area contributed by atoms with Crippen LogP contribution in [-0.4, -0.2) is 57.3 Å². The minimum absolute atomic E-state index is 0.0708. The molecule has 2 heterocycles. The fourth-order valence-corrected chi connectivity index (χ4v) is 5.55. The van der Waals surface area contributed by atoms with Gasteiger partial charge in [-0.25, -0.2) is 4.39 Å². The molecule has 2 aliphatic heterocycles. The number of hydrogen-bond donors (Lipinski definition) is 0. The van der Waals surface area contributed by atoms with Crippen LogP contribution < -0.4 is 14.5 Å². The molecule has 2 fully saturated rings. The van der Waals surface area contributed by atoms with Crippen LogP contribution in [0.2, 0.25) is 0 Å². The molecule has 10 heteroatoms. The molecule has 0 spiro atoms. The summed E-state index contributed by atoms with van der Waals surface area (Å²) in [6.07, 6.45) is -3.15. The van der Waals surface area contributed by atoms with Crippen molar-refractivity contribution >= 4 is 17.3 Å². The number of carbonyl (C=O) groups excluding carboxylic acids is 1. The molecule has 3 aromatic carbocycles. The van der Waals surface area contributed by atoms with Crippen molar-refractivity contribution in [3.63, 3.8) is 0 Å². The smallest absolute Gasteiger partial charge is 0.416 e. The summed E-state index contributed by atoms with van der Waals surface area (Å²) < 4.78 is 64.7. The van der Waals surface area contributed by atoms with Gasteiger partial charge in [0.25, 0.3) is 0 Å². The average molecular weight is 586 g/mol. The summed E-state index contributed by atoms with van der Waals surface area (Å²) in [5.74, 6) is -0.00106. The molecule has 1 amide bonds. The fourth-order valence-electron chi connectivity index (χ4n) is 5.55. The van der Waals surface area contributed by atoms with Gasteiger partial charge in [-0.15, -0.1) is 0 Å². The predicted octanol–water partition coefficient (Wildman–Crippen LogP) is 6.14. The number of morpholine rings is 1. The first-order valence-corrected chi connectivity index (χ1v) is 14.2. The van der Waals surface area contributed by atoms with E-state index in [9.17, 15) is 18.0 Å². The van der Waals surface area contributed by atoms with E-state index in [2.05, 4.69) is 4.90 Å². The van der Waals surface area contributed by atoms with E-state index in [0.29, 0.717) is 75.9 Å². The summed E-state index contributed by atoms with van der Waals surface area (Å²) in [5.41, 5.74) is 2.01. The lowest BCUT2D eigenvalue weighted by atomic mass is 9.94. The number of hydrogen-bond acceptors (Lipinski definition) is 5. The Kier molecular flexibility index (Phi) is 9.33. The number of anilines is 2. The van der Waals surface area contributed by atoms with E-state index >= 15 is 4.39 Å². The van der Waals surface area contributed by atoms with Gasteiger partial charge in [-0.2, -0.15) is 13.2 Å². The molecule has 224 valence electrons. The highest BCUT2D eigenvalue weighted by molar-refractivity contribution is 5.95. The summed E-state index contributed by atoms with van der Waals surface area (Å²) in [7, 11) is 1.59.